The SMILES string of the molecule is Cc1cccc(C)c1-n1nnnc1N. The van der Waals surface area contributed by atoms with Gasteiger partial charge in [0.05, 0.1) is 5.69 Å². The molecule has 1 heterocycles. The Morgan fingerprint density at radius 2 is 1.86 bits per heavy atom. The topological polar surface area (TPSA) is 69.6 Å². The highest BCUT2D eigenvalue weighted by Crippen LogP contribution is 2.18. The first kappa shape index (κ1) is 8.68. The lowest BCUT2D eigenvalue weighted by Crippen LogP contribution is -2.06. The van der Waals surface area contributed by atoms with Gasteiger partial charge in [-0.25, -0.2) is 0 Å². The zero-order valence-electron chi connectivity index (χ0n) is 8.10. The molecular formula is C9H11N5. The summed E-state index contributed by atoms with van der Waals surface area (Å²) in [7, 11) is 0. The Morgan fingerprint density at radius 3 is 2.36 bits per heavy atom. The molecule has 2 aromatic rings. The maximum atomic E-state index is 5.64. The van der Waals surface area contributed by atoms with E-state index < -0.39 is 0 Å². The summed E-state index contributed by atoms with van der Waals surface area (Å²) >= 11 is 0. The largest absolute Gasteiger partial charge is 0.366 e. The van der Waals surface area contributed by atoms with Gasteiger partial charge in [-0.1, -0.05) is 23.3 Å². The van der Waals surface area contributed by atoms with Crippen molar-refractivity contribution in [2.45, 2.75) is 13.8 Å². The van der Waals surface area contributed by atoms with Crippen molar-refractivity contribution in [2.75, 3.05) is 5.73 Å². The van der Waals surface area contributed by atoms with Gasteiger partial charge in [0.2, 0.25) is 5.95 Å². The fourth-order valence-corrected chi connectivity index (χ4v) is 1.49. The first-order valence-corrected chi connectivity index (χ1v) is 4.30. The minimum Gasteiger partial charge on any atom is -0.366 e. The van der Waals surface area contributed by atoms with Crippen LogP contribution in [0.4, 0.5) is 5.95 Å². The van der Waals surface area contributed by atoms with Crippen molar-refractivity contribution < 1.29 is 0 Å². The highest BCUT2D eigenvalue weighted by molar-refractivity contribution is 5.48. The van der Waals surface area contributed by atoms with Crippen LogP contribution in [0.5, 0.6) is 0 Å². The zero-order valence-corrected chi connectivity index (χ0v) is 8.10. The van der Waals surface area contributed by atoms with Crippen LogP contribution in [0.15, 0.2) is 18.2 Å². The third kappa shape index (κ3) is 1.22. The average Bonchev–Trinajstić information content (AvgIpc) is 2.52. The summed E-state index contributed by atoms with van der Waals surface area (Å²) in [6.45, 7) is 4.01. The summed E-state index contributed by atoms with van der Waals surface area (Å²) in [5.41, 5.74) is 8.79. The van der Waals surface area contributed by atoms with Gasteiger partial charge in [-0.05, 0) is 35.4 Å². The molecule has 5 heteroatoms. The van der Waals surface area contributed by atoms with E-state index in [1.54, 1.807) is 4.68 Å². The molecule has 2 rings (SSSR count). The van der Waals surface area contributed by atoms with Gasteiger partial charge in [0.1, 0.15) is 0 Å². The van der Waals surface area contributed by atoms with E-state index in [9.17, 15) is 0 Å². The second-order valence-electron chi connectivity index (χ2n) is 3.19. The fourth-order valence-electron chi connectivity index (χ4n) is 1.49. The van der Waals surface area contributed by atoms with Crippen molar-refractivity contribution in [1.82, 2.24) is 20.2 Å². The molecule has 14 heavy (non-hydrogen) atoms. The number of nitrogens with two attached hydrogens (primary N) is 1. The summed E-state index contributed by atoms with van der Waals surface area (Å²) in [6, 6.07) is 6.00. The number of rotatable bonds is 1. The van der Waals surface area contributed by atoms with E-state index in [2.05, 4.69) is 15.5 Å². The number of hydrogen-bond donors (Lipinski definition) is 1. The number of aromatic nitrogens is 4. The number of benzene rings is 1. The fraction of sp³-hybridized carbons (Fsp3) is 0.222. The van der Waals surface area contributed by atoms with Crippen LogP contribution in [0.1, 0.15) is 11.1 Å². The molecular weight excluding hydrogens is 178 g/mol. The molecule has 0 atom stereocenters. The number of aryl methyl sites for hydroxylation is 2. The summed E-state index contributed by atoms with van der Waals surface area (Å²) in [6.07, 6.45) is 0. The number of nitrogen functional groups attached to an aromatic ring is 1. The zero-order chi connectivity index (χ0) is 10.1. The van der Waals surface area contributed by atoms with Crippen LogP contribution in [-0.2, 0) is 0 Å². The van der Waals surface area contributed by atoms with Gasteiger partial charge in [-0.3, -0.25) is 0 Å². The lowest BCUT2D eigenvalue weighted by atomic mass is 10.1. The Kier molecular flexibility index (Phi) is 1.92. The van der Waals surface area contributed by atoms with Crippen LogP contribution in [0.3, 0.4) is 0 Å². The summed E-state index contributed by atoms with van der Waals surface area (Å²) in [5.74, 6) is 0.308. The van der Waals surface area contributed by atoms with Crippen LogP contribution in [0.25, 0.3) is 5.69 Å². The molecule has 0 fully saturated rings. The second-order valence-corrected chi connectivity index (χ2v) is 3.19. The third-order valence-electron chi connectivity index (χ3n) is 2.14. The van der Waals surface area contributed by atoms with Gasteiger partial charge >= 0.3 is 0 Å². The van der Waals surface area contributed by atoms with E-state index in [-0.39, 0.29) is 0 Å². The molecule has 0 aliphatic rings. The van der Waals surface area contributed by atoms with Crippen molar-refractivity contribution in [1.29, 1.82) is 0 Å². The Labute approximate surface area is 81.5 Å². The minimum absolute atomic E-state index is 0.308. The Balaban J connectivity index is 2.68. The number of nitrogens with zero attached hydrogens (tertiary/aromatic N) is 4. The number of anilines is 1. The molecule has 5 nitrogen and oxygen atoms in total. The molecule has 0 saturated heterocycles. The van der Waals surface area contributed by atoms with Crippen LogP contribution < -0.4 is 5.73 Å². The molecule has 1 aromatic carbocycles. The predicted molar refractivity (Wildman–Crippen MR) is 53.0 cm³/mol. The minimum atomic E-state index is 0.308. The first-order valence-electron chi connectivity index (χ1n) is 4.30. The Hall–Kier alpha value is -1.91. The van der Waals surface area contributed by atoms with Gasteiger partial charge in [-0.15, -0.1) is 0 Å². The van der Waals surface area contributed by atoms with Crippen molar-refractivity contribution >= 4 is 5.95 Å². The van der Waals surface area contributed by atoms with E-state index in [0.717, 1.165) is 16.8 Å². The van der Waals surface area contributed by atoms with Crippen molar-refractivity contribution in [2.24, 2.45) is 0 Å². The third-order valence-corrected chi connectivity index (χ3v) is 2.14. The maximum absolute atomic E-state index is 5.64. The quantitative estimate of drug-likeness (QED) is 0.722. The van der Waals surface area contributed by atoms with Crippen LogP contribution in [0, 0.1) is 13.8 Å². The smallest absolute Gasteiger partial charge is 0.245 e. The second kappa shape index (κ2) is 3.10. The molecule has 0 bridgehead atoms. The van der Waals surface area contributed by atoms with Crippen molar-refractivity contribution in [3.8, 4) is 5.69 Å². The van der Waals surface area contributed by atoms with Crippen LogP contribution in [0.2, 0.25) is 0 Å². The molecule has 0 radical (unpaired) electrons. The highest BCUT2D eigenvalue weighted by atomic mass is 15.6. The lowest BCUT2D eigenvalue weighted by molar-refractivity contribution is 0.784. The van der Waals surface area contributed by atoms with Crippen molar-refractivity contribution in [3.05, 3.63) is 29.3 Å². The molecule has 0 saturated carbocycles. The number of para-hydroxylation sites is 1. The first-order chi connectivity index (χ1) is 6.70. The molecule has 0 amide bonds. The van der Waals surface area contributed by atoms with Gasteiger partial charge in [0.15, 0.2) is 0 Å². The molecule has 72 valence electrons. The van der Waals surface area contributed by atoms with Gasteiger partial charge in [-0.2, -0.15) is 4.68 Å². The van der Waals surface area contributed by atoms with E-state index in [1.807, 2.05) is 32.0 Å². The monoisotopic (exact) mass is 189 g/mol. The molecule has 2 N–H and O–H groups in total. The number of tetrazole rings is 1. The molecule has 0 aliphatic carbocycles. The highest BCUT2D eigenvalue weighted by Gasteiger charge is 2.09. The standard InChI is InChI=1S/C9H11N5/c1-6-4-3-5-7(2)8(6)14-9(10)11-12-13-14/h3-5H,1-2H3,(H2,10,11,13). The molecule has 1 aromatic heterocycles. The summed E-state index contributed by atoms with van der Waals surface area (Å²) in [5, 5.41) is 11.0. The maximum Gasteiger partial charge on any atom is 0.245 e. The summed E-state index contributed by atoms with van der Waals surface area (Å²) < 4.78 is 1.55. The summed E-state index contributed by atoms with van der Waals surface area (Å²) in [4.78, 5) is 0. The van der Waals surface area contributed by atoms with E-state index in [0.29, 0.717) is 5.95 Å². The van der Waals surface area contributed by atoms with E-state index >= 15 is 0 Å². The molecule has 0 spiro atoms. The number of hydrogen-bond acceptors (Lipinski definition) is 4. The predicted octanol–water partition coefficient (Wildman–Crippen LogP) is 0.861. The van der Waals surface area contributed by atoms with Gasteiger partial charge in [0, 0.05) is 0 Å². The van der Waals surface area contributed by atoms with Gasteiger partial charge < -0.3 is 5.73 Å². The van der Waals surface area contributed by atoms with Gasteiger partial charge in [0.25, 0.3) is 0 Å². The Bertz CT molecular complexity index is 440. The van der Waals surface area contributed by atoms with Crippen LogP contribution in [-0.4, -0.2) is 20.2 Å². The van der Waals surface area contributed by atoms with Crippen molar-refractivity contribution in [3.63, 3.8) is 0 Å². The molecule has 0 aliphatic heterocycles. The normalized spacial score (nSPS) is 10.4. The van der Waals surface area contributed by atoms with Crippen LogP contribution >= 0.6 is 0 Å². The average molecular weight is 189 g/mol. The lowest BCUT2D eigenvalue weighted by Gasteiger charge is -2.08. The van der Waals surface area contributed by atoms with E-state index in [1.165, 1.54) is 0 Å². The van der Waals surface area contributed by atoms with E-state index in [4.69, 9.17) is 5.73 Å². The Morgan fingerprint density at radius 1 is 1.21 bits per heavy atom. The molecule has 0 unspecified atom stereocenters.